The van der Waals surface area contributed by atoms with Crippen molar-refractivity contribution in [1.29, 1.82) is 0 Å². The molecule has 0 aromatic heterocycles. The Morgan fingerprint density at radius 2 is 0.960 bits per heavy atom. The number of ether oxygens (including phenoxy) is 2. The molecule has 0 saturated heterocycles. The monoisotopic (exact) mass is 355 g/mol. The molecule has 25 heavy (non-hydrogen) atoms. The zero-order chi connectivity index (χ0) is 18.4. The molecule has 0 amide bonds. The molecule has 0 aliphatic carbocycles. The summed E-state index contributed by atoms with van der Waals surface area (Å²) in [6.07, 6.45) is 23.1. The summed E-state index contributed by atoms with van der Waals surface area (Å²) in [5.41, 5.74) is 0. The van der Waals surface area contributed by atoms with E-state index in [9.17, 15) is 0 Å². The van der Waals surface area contributed by atoms with Gasteiger partial charge in [-0.25, -0.2) is 0 Å². The van der Waals surface area contributed by atoms with Crippen LogP contribution < -0.4 is 0 Å². The molecule has 0 aliphatic rings. The van der Waals surface area contributed by atoms with Crippen LogP contribution in [0.5, 0.6) is 0 Å². The lowest BCUT2D eigenvalue weighted by Crippen LogP contribution is -2.16. The van der Waals surface area contributed by atoms with Crippen molar-refractivity contribution < 1.29 is 9.47 Å². The summed E-state index contributed by atoms with van der Waals surface area (Å²) in [5, 5.41) is 0. The van der Waals surface area contributed by atoms with E-state index in [-0.39, 0.29) is 6.29 Å². The predicted octanol–water partition coefficient (Wildman–Crippen LogP) is 7.85. The molecular formula is C23H47O2. The second kappa shape index (κ2) is 22.0. The van der Waals surface area contributed by atoms with Gasteiger partial charge in [0.05, 0.1) is 0 Å². The largest absolute Gasteiger partial charge is 0.353 e. The van der Waals surface area contributed by atoms with E-state index in [2.05, 4.69) is 13.8 Å². The average Bonchev–Trinajstić information content (AvgIpc) is 2.63. The first-order valence-corrected chi connectivity index (χ1v) is 11.4. The van der Waals surface area contributed by atoms with Gasteiger partial charge in [0.15, 0.2) is 6.29 Å². The standard InChI is InChI=1S/C23H47O2/c1-4-7-8-9-10-11-12-13-14-15-16-17-18-19-20-21-22-25-23(5-2)24-6-3/h23H,2,4-22H2,1,3H3. The highest BCUT2D eigenvalue weighted by molar-refractivity contribution is 4.51. The Morgan fingerprint density at radius 3 is 1.32 bits per heavy atom. The summed E-state index contributed by atoms with van der Waals surface area (Å²) >= 11 is 0. The first kappa shape index (κ1) is 24.9. The third kappa shape index (κ3) is 20.1. The summed E-state index contributed by atoms with van der Waals surface area (Å²) in [6, 6.07) is 0. The molecule has 0 N–H and O–H groups in total. The van der Waals surface area contributed by atoms with Crippen LogP contribution in [0.1, 0.15) is 123 Å². The van der Waals surface area contributed by atoms with Gasteiger partial charge in [0.2, 0.25) is 0 Å². The highest BCUT2D eigenvalue weighted by Crippen LogP contribution is 2.13. The molecule has 1 atom stereocenters. The zero-order valence-corrected chi connectivity index (χ0v) is 17.5. The van der Waals surface area contributed by atoms with Crippen molar-refractivity contribution >= 4 is 0 Å². The van der Waals surface area contributed by atoms with Gasteiger partial charge in [0.1, 0.15) is 0 Å². The van der Waals surface area contributed by atoms with Crippen molar-refractivity contribution in [3.63, 3.8) is 0 Å². The quantitative estimate of drug-likeness (QED) is 0.154. The molecule has 0 bridgehead atoms. The molecule has 1 radical (unpaired) electrons. The van der Waals surface area contributed by atoms with Crippen molar-refractivity contribution in [3.8, 4) is 0 Å². The minimum atomic E-state index is -0.0960. The molecule has 0 aliphatic heterocycles. The normalized spacial score (nSPS) is 12.6. The van der Waals surface area contributed by atoms with Crippen molar-refractivity contribution in [2.45, 2.75) is 129 Å². The first-order valence-electron chi connectivity index (χ1n) is 11.4. The summed E-state index contributed by atoms with van der Waals surface area (Å²) in [4.78, 5) is 0. The Kier molecular flexibility index (Phi) is 21.9. The zero-order valence-electron chi connectivity index (χ0n) is 17.5. The number of unbranched alkanes of at least 4 members (excludes halogenated alkanes) is 15. The lowest BCUT2D eigenvalue weighted by atomic mass is 10.0. The molecule has 1 unspecified atom stereocenters. The van der Waals surface area contributed by atoms with E-state index in [0.717, 1.165) is 13.0 Å². The van der Waals surface area contributed by atoms with Gasteiger partial charge in [-0.15, -0.1) is 0 Å². The van der Waals surface area contributed by atoms with Gasteiger partial charge in [0.25, 0.3) is 0 Å². The smallest absolute Gasteiger partial charge is 0.157 e. The van der Waals surface area contributed by atoms with E-state index in [1.807, 2.05) is 6.92 Å². The number of hydrogen-bond donors (Lipinski definition) is 0. The molecule has 0 rings (SSSR count). The SMILES string of the molecule is [CH2]CC(OCC)OCCCCCCCCCCCCCCCCCC. The molecule has 0 heterocycles. The van der Waals surface area contributed by atoms with Gasteiger partial charge in [-0.2, -0.15) is 0 Å². The van der Waals surface area contributed by atoms with Gasteiger partial charge in [0, 0.05) is 13.2 Å². The van der Waals surface area contributed by atoms with Crippen LogP contribution in [0.3, 0.4) is 0 Å². The fourth-order valence-corrected chi connectivity index (χ4v) is 3.27. The summed E-state index contributed by atoms with van der Waals surface area (Å²) < 4.78 is 11.1. The third-order valence-corrected chi connectivity index (χ3v) is 4.89. The Bertz CT molecular complexity index is 230. The van der Waals surface area contributed by atoms with E-state index in [0.29, 0.717) is 13.0 Å². The molecule has 0 aromatic carbocycles. The van der Waals surface area contributed by atoms with Crippen molar-refractivity contribution in [1.82, 2.24) is 0 Å². The molecule has 0 spiro atoms. The van der Waals surface area contributed by atoms with Crippen LogP contribution in [-0.4, -0.2) is 19.5 Å². The van der Waals surface area contributed by atoms with Gasteiger partial charge in [-0.3, -0.25) is 0 Å². The fraction of sp³-hybridized carbons (Fsp3) is 0.957. The van der Waals surface area contributed by atoms with Crippen molar-refractivity contribution in [2.75, 3.05) is 13.2 Å². The van der Waals surface area contributed by atoms with E-state index >= 15 is 0 Å². The molecule has 0 saturated carbocycles. The van der Waals surface area contributed by atoms with Crippen molar-refractivity contribution in [2.24, 2.45) is 0 Å². The minimum Gasteiger partial charge on any atom is -0.353 e. The van der Waals surface area contributed by atoms with Crippen LogP contribution in [0.2, 0.25) is 0 Å². The maximum atomic E-state index is 5.67. The van der Waals surface area contributed by atoms with E-state index in [1.165, 1.54) is 96.3 Å². The molecule has 2 heteroatoms. The number of hydrogen-bond acceptors (Lipinski definition) is 2. The van der Waals surface area contributed by atoms with Gasteiger partial charge in [-0.05, 0) is 26.7 Å². The van der Waals surface area contributed by atoms with Gasteiger partial charge >= 0.3 is 0 Å². The third-order valence-electron chi connectivity index (χ3n) is 4.89. The number of rotatable bonds is 21. The summed E-state index contributed by atoms with van der Waals surface area (Å²) in [6.45, 7) is 9.67. The topological polar surface area (TPSA) is 18.5 Å². The molecule has 2 nitrogen and oxygen atoms in total. The van der Waals surface area contributed by atoms with Crippen LogP contribution in [0.25, 0.3) is 0 Å². The van der Waals surface area contributed by atoms with E-state index < -0.39 is 0 Å². The Hall–Kier alpha value is -0.0800. The Labute approximate surface area is 159 Å². The second-order valence-corrected chi connectivity index (χ2v) is 7.35. The van der Waals surface area contributed by atoms with Gasteiger partial charge in [-0.1, -0.05) is 103 Å². The van der Waals surface area contributed by atoms with Crippen LogP contribution in [-0.2, 0) is 9.47 Å². The lowest BCUT2D eigenvalue weighted by molar-refractivity contribution is -0.137. The maximum absolute atomic E-state index is 5.67. The van der Waals surface area contributed by atoms with E-state index in [4.69, 9.17) is 9.47 Å². The van der Waals surface area contributed by atoms with Crippen LogP contribution in [0.15, 0.2) is 0 Å². The van der Waals surface area contributed by atoms with Crippen molar-refractivity contribution in [3.05, 3.63) is 6.92 Å². The van der Waals surface area contributed by atoms with E-state index in [1.54, 1.807) is 0 Å². The maximum Gasteiger partial charge on any atom is 0.157 e. The van der Waals surface area contributed by atoms with Crippen LogP contribution >= 0.6 is 0 Å². The minimum absolute atomic E-state index is 0.0960. The summed E-state index contributed by atoms with van der Waals surface area (Å²) in [7, 11) is 0. The molecule has 0 aromatic rings. The highest BCUT2D eigenvalue weighted by Gasteiger charge is 2.04. The van der Waals surface area contributed by atoms with Gasteiger partial charge < -0.3 is 9.47 Å². The predicted molar refractivity (Wildman–Crippen MR) is 111 cm³/mol. The Morgan fingerprint density at radius 1 is 0.560 bits per heavy atom. The lowest BCUT2D eigenvalue weighted by Gasteiger charge is -2.15. The Balaban J connectivity index is 3.07. The molecule has 151 valence electrons. The summed E-state index contributed by atoms with van der Waals surface area (Å²) in [5.74, 6) is 0. The van der Waals surface area contributed by atoms with Crippen LogP contribution in [0.4, 0.5) is 0 Å². The second-order valence-electron chi connectivity index (χ2n) is 7.35. The highest BCUT2D eigenvalue weighted by atomic mass is 16.7. The fourth-order valence-electron chi connectivity index (χ4n) is 3.27. The van der Waals surface area contributed by atoms with Crippen LogP contribution in [0, 0.1) is 6.92 Å². The molecular weight excluding hydrogens is 308 g/mol. The average molecular weight is 356 g/mol. The molecule has 0 fully saturated rings. The first-order chi connectivity index (χ1) is 12.3.